The number of hydrogen-bond acceptors (Lipinski definition) is 5. The molecule has 0 fully saturated rings. The van der Waals surface area contributed by atoms with Gasteiger partial charge in [-0.2, -0.15) is 10.2 Å². The number of carbonyl (C=O) groups is 1. The summed E-state index contributed by atoms with van der Waals surface area (Å²) in [5, 5.41) is 22.0. The van der Waals surface area contributed by atoms with E-state index in [1.807, 2.05) is 0 Å². The molecule has 3 aromatic rings. The third kappa shape index (κ3) is 3.63. The first-order chi connectivity index (χ1) is 13.2. The molecule has 0 aliphatic carbocycles. The predicted molar refractivity (Wildman–Crippen MR) is 95.2 cm³/mol. The molecule has 0 saturated heterocycles. The molecule has 148 valence electrons. The Morgan fingerprint density at radius 3 is 2.68 bits per heavy atom. The van der Waals surface area contributed by atoms with Crippen LogP contribution in [-0.2, 0) is 19.2 Å². The average molecular weight is 390 g/mol. The summed E-state index contributed by atoms with van der Waals surface area (Å²) in [6, 6.07) is 1.93. The molecular formula is C18H20F2N6O2. The molecule has 0 bridgehead atoms. The van der Waals surface area contributed by atoms with Gasteiger partial charge < -0.3 is 10.4 Å². The molecule has 0 unspecified atom stereocenters. The minimum absolute atomic E-state index is 0.167. The highest BCUT2D eigenvalue weighted by Crippen LogP contribution is 2.30. The molecule has 0 radical (unpaired) electrons. The van der Waals surface area contributed by atoms with E-state index >= 15 is 0 Å². The molecule has 28 heavy (non-hydrogen) atoms. The first-order valence-corrected chi connectivity index (χ1v) is 8.52. The van der Waals surface area contributed by atoms with E-state index in [0.717, 1.165) is 12.1 Å². The zero-order chi connectivity index (χ0) is 20.5. The maximum atomic E-state index is 14.5. The topological polar surface area (TPSA) is 97.9 Å². The van der Waals surface area contributed by atoms with Crippen LogP contribution < -0.4 is 5.32 Å². The molecule has 0 spiro atoms. The van der Waals surface area contributed by atoms with Crippen LogP contribution in [0.5, 0.6) is 0 Å². The molecule has 2 N–H and O–H groups in total. The van der Waals surface area contributed by atoms with E-state index in [9.17, 15) is 18.7 Å². The summed E-state index contributed by atoms with van der Waals surface area (Å²) in [4.78, 5) is 16.5. The summed E-state index contributed by atoms with van der Waals surface area (Å²) >= 11 is 0. The van der Waals surface area contributed by atoms with Crippen LogP contribution in [-0.4, -0.2) is 41.6 Å². The lowest BCUT2D eigenvalue weighted by Crippen LogP contribution is -2.52. The second kappa shape index (κ2) is 7.47. The molecule has 0 saturated carbocycles. The maximum Gasteiger partial charge on any atom is 0.255 e. The quantitative estimate of drug-likeness (QED) is 0.661. The van der Waals surface area contributed by atoms with E-state index < -0.39 is 29.2 Å². The van der Waals surface area contributed by atoms with Gasteiger partial charge in [-0.25, -0.2) is 18.4 Å². The number of rotatable bonds is 6. The number of hydrogen-bond donors (Lipinski definition) is 2. The van der Waals surface area contributed by atoms with Crippen LogP contribution in [0.2, 0.25) is 0 Å². The Bertz CT molecular complexity index is 988. The van der Waals surface area contributed by atoms with Crippen molar-refractivity contribution >= 4 is 5.91 Å². The van der Waals surface area contributed by atoms with Crippen molar-refractivity contribution in [3.8, 4) is 0 Å². The summed E-state index contributed by atoms with van der Waals surface area (Å²) < 4.78 is 30.7. The fourth-order valence-corrected chi connectivity index (χ4v) is 2.97. The SMILES string of the molecule is Cc1c(C(=O)N[C@H](C)[C@](O)(Cn2cncn2)c2ccc(F)cc2F)cnn1C. The third-order valence-electron chi connectivity index (χ3n) is 4.81. The third-order valence-corrected chi connectivity index (χ3v) is 4.81. The van der Waals surface area contributed by atoms with E-state index in [0.29, 0.717) is 17.3 Å². The Morgan fingerprint density at radius 2 is 2.11 bits per heavy atom. The standard InChI is InChI=1S/C18H20F2N6O2/c1-11-14(7-22-25(11)3)17(27)24-12(2)18(28,8-26-10-21-9-23-26)15-5-4-13(19)6-16(15)20/h4-7,9-10,12,28H,8H2,1-3H3,(H,24,27)/t12-,18-/m1/s1. The van der Waals surface area contributed by atoms with Crippen molar-refractivity contribution in [1.29, 1.82) is 0 Å². The fraction of sp³-hybridized carbons (Fsp3) is 0.333. The Morgan fingerprint density at radius 1 is 1.36 bits per heavy atom. The first-order valence-electron chi connectivity index (χ1n) is 8.52. The fourth-order valence-electron chi connectivity index (χ4n) is 2.97. The van der Waals surface area contributed by atoms with Gasteiger partial charge in [0.2, 0.25) is 0 Å². The number of nitrogens with zero attached hydrogens (tertiary/aromatic N) is 5. The van der Waals surface area contributed by atoms with Gasteiger partial charge >= 0.3 is 0 Å². The van der Waals surface area contributed by atoms with Gasteiger partial charge in [-0.3, -0.25) is 9.48 Å². The largest absolute Gasteiger partial charge is 0.381 e. The van der Waals surface area contributed by atoms with Gasteiger partial charge in [-0.15, -0.1) is 0 Å². The van der Waals surface area contributed by atoms with Crippen molar-refractivity contribution in [2.75, 3.05) is 0 Å². The molecule has 1 aromatic carbocycles. The lowest BCUT2D eigenvalue weighted by Gasteiger charge is -2.35. The Balaban J connectivity index is 1.95. The number of nitrogens with one attached hydrogen (secondary N) is 1. The minimum atomic E-state index is -1.92. The van der Waals surface area contributed by atoms with Crippen molar-refractivity contribution in [2.24, 2.45) is 7.05 Å². The summed E-state index contributed by atoms with van der Waals surface area (Å²) in [7, 11) is 1.70. The Hall–Kier alpha value is -3.14. The van der Waals surface area contributed by atoms with E-state index in [1.165, 1.54) is 30.5 Å². The highest BCUT2D eigenvalue weighted by atomic mass is 19.1. The van der Waals surface area contributed by atoms with Gasteiger partial charge in [0.1, 0.15) is 29.9 Å². The number of aryl methyl sites for hydroxylation is 1. The van der Waals surface area contributed by atoms with Crippen LogP contribution in [0.4, 0.5) is 8.78 Å². The Labute approximate surface area is 159 Å². The monoisotopic (exact) mass is 390 g/mol. The van der Waals surface area contributed by atoms with Gasteiger partial charge in [0.25, 0.3) is 5.91 Å². The van der Waals surface area contributed by atoms with Crippen LogP contribution in [0, 0.1) is 18.6 Å². The molecule has 3 rings (SSSR count). The summed E-state index contributed by atoms with van der Waals surface area (Å²) in [6.07, 6.45) is 4.03. The van der Waals surface area contributed by atoms with Gasteiger partial charge in [-0.05, 0) is 19.9 Å². The molecule has 2 heterocycles. The van der Waals surface area contributed by atoms with Gasteiger partial charge in [0.05, 0.1) is 24.3 Å². The smallest absolute Gasteiger partial charge is 0.255 e. The van der Waals surface area contributed by atoms with E-state index in [1.54, 1.807) is 18.7 Å². The first kappa shape index (κ1) is 19.6. The highest BCUT2D eigenvalue weighted by Gasteiger charge is 2.40. The summed E-state index contributed by atoms with van der Waals surface area (Å²) in [5.74, 6) is -2.18. The zero-order valence-corrected chi connectivity index (χ0v) is 15.6. The zero-order valence-electron chi connectivity index (χ0n) is 15.6. The van der Waals surface area contributed by atoms with Gasteiger partial charge in [0.15, 0.2) is 0 Å². The minimum Gasteiger partial charge on any atom is -0.381 e. The van der Waals surface area contributed by atoms with Crippen LogP contribution in [0.25, 0.3) is 0 Å². The van der Waals surface area contributed by atoms with Gasteiger partial charge in [-0.1, -0.05) is 6.07 Å². The summed E-state index contributed by atoms with van der Waals surface area (Å²) in [6.45, 7) is 3.06. The molecule has 8 nitrogen and oxygen atoms in total. The van der Waals surface area contributed by atoms with E-state index in [2.05, 4.69) is 20.5 Å². The lowest BCUT2D eigenvalue weighted by molar-refractivity contribution is -0.0186. The second-order valence-electron chi connectivity index (χ2n) is 6.60. The summed E-state index contributed by atoms with van der Waals surface area (Å²) in [5.41, 5.74) is -1.12. The molecule has 2 aromatic heterocycles. The molecule has 2 atom stereocenters. The Kier molecular flexibility index (Phi) is 5.23. The second-order valence-corrected chi connectivity index (χ2v) is 6.60. The van der Waals surface area contributed by atoms with Crippen LogP contribution in [0.3, 0.4) is 0 Å². The number of benzene rings is 1. The predicted octanol–water partition coefficient (Wildman–Crippen LogP) is 1.30. The van der Waals surface area contributed by atoms with E-state index in [4.69, 9.17) is 0 Å². The molecule has 10 heteroatoms. The van der Waals surface area contributed by atoms with Crippen molar-refractivity contribution in [1.82, 2.24) is 29.9 Å². The molecule has 0 aliphatic rings. The van der Waals surface area contributed by atoms with Gasteiger partial charge in [0, 0.05) is 24.4 Å². The maximum absolute atomic E-state index is 14.5. The van der Waals surface area contributed by atoms with Crippen LogP contribution in [0.15, 0.2) is 37.1 Å². The number of aromatic nitrogens is 5. The van der Waals surface area contributed by atoms with Crippen molar-refractivity contribution < 1.29 is 18.7 Å². The van der Waals surface area contributed by atoms with Crippen molar-refractivity contribution in [3.05, 3.63) is 65.5 Å². The number of aliphatic hydroxyl groups is 1. The molecular weight excluding hydrogens is 370 g/mol. The average Bonchev–Trinajstić information content (AvgIpc) is 3.25. The number of halogens is 2. The highest BCUT2D eigenvalue weighted by molar-refractivity contribution is 5.95. The van der Waals surface area contributed by atoms with Crippen LogP contribution >= 0.6 is 0 Å². The van der Waals surface area contributed by atoms with Crippen molar-refractivity contribution in [2.45, 2.75) is 32.0 Å². The molecule has 0 aliphatic heterocycles. The normalized spacial score (nSPS) is 14.5. The lowest BCUT2D eigenvalue weighted by atomic mass is 9.86. The number of carbonyl (C=O) groups excluding carboxylic acids is 1. The van der Waals surface area contributed by atoms with E-state index in [-0.39, 0.29) is 12.1 Å². The van der Waals surface area contributed by atoms with Crippen molar-refractivity contribution in [3.63, 3.8) is 0 Å². The van der Waals surface area contributed by atoms with Crippen LogP contribution in [0.1, 0.15) is 28.5 Å². The number of amides is 1. The molecule has 1 amide bonds.